The normalized spacial score (nSPS) is 22.2. The molecule has 0 radical (unpaired) electrons. The summed E-state index contributed by atoms with van der Waals surface area (Å²) in [6.07, 6.45) is 4.41. The van der Waals surface area contributed by atoms with E-state index in [-0.39, 0.29) is 0 Å². The van der Waals surface area contributed by atoms with Crippen molar-refractivity contribution in [3.8, 4) is 0 Å². The molecule has 20 heavy (non-hydrogen) atoms. The molecule has 1 aromatic heterocycles. The summed E-state index contributed by atoms with van der Waals surface area (Å²) >= 11 is 0. The van der Waals surface area contributed by atoms with Crippen LogP contribution in [0.5, 0.6) is 0 Å². The molecule has 2 aromatic rings. The minimum absolute atomic E-state index is 0.390. The van der Waals surface area contributed by atoms with Crippen LogP contribution in [0.1, 0.15) is 19.8 Å². The molecule has 1 aliphatic rings. The number of nitrogens with two attached hydrogens (primary N) is 1. The standard InChI is InChI=1S/C16H21N3O/c1-2-15-11(7-9-20-15)10-19-14-6-8-18-16-12(14)4-3-5-13(16)17/h3-6,8,11,15H,2,7,9-10,17H2,1H3,(H,18,19). The van der Waals surface area contributed by atoms with Crippen LogP contribution in [0.3, 0.4) is 0 Å². The van der Waals surface area contributed by atoms with Crippen LogP contribution in [0.15, 0.2) is 30.5 Å². The van der Waals surface area contributed by atoms with Crippen LogP contribution in [-0.4, -0.2) is 24.2 Å². The van der Waals surface area contributed by atoms with E-state index >= 15 is 0 Å². The average molecular weight is 271 g/mol. The van der Waals surface area contributed by atoms with Crippen molar-refractivity contribution < 1.29 is 4.74 Å². The lowest BCUT2D eigenvalue weighted by molar-refractivity contribution is 0.0900. The predicted molar refractivity (Wildman–Crippen MR) is 82.8 cm³/mol. The van der Waals surface area contributed by atoms with Gasteiger partial charge in [-0.2, -0.15) is 0 Å². The van der Waals surface area contributed by atoms with Gasteiger partial charge in [0.25, 0.3) is 0 Å². The first-order valence-corrected chi connectivity index (χ1v) is 7.28. The number of nitrogens with one attached hydrogen (secondary N) is 1. The summed E-state index contributed by atoms with van der Waals surface area (Å²) in [7, 11) is 0. The average Bonchev–Trinajstić information content (AvgIpc) is 2.93. The van der Waals surface area contributed by atoms with Gasteiger partial charge in [-0.15, -0.1) is 0 Å². The second-order valence-electron chi connectivity index (χ2n) is 5.35. The van der Waals surface area contributed by atoms with Gasteiger partial charge >= 0.3 is 0 Å². The van der Waals surface area contributed by atoms with Crippen LogP contribution in [0, 0.1) is 5.92 Å². The lowest BCUT2D eigenvalue weighted by Gasteiger charge is -2.18. The topological polar surface area (TPSA) is 60.2 Å². The minimum Gasteiger partial charge on any atom is -0.397 e. The van der Waals surface area contributed by atoms with Crippen molar-refractivity contribution in [2.24, 2.45) is 5.92 Å². The quantitative estimate of drug-likeness (QED) is 0.839. The molecule has 2 unspecified atom stereocenters. The predicted octanol–water partition coefficient (Wildman–Crippen LogP) is 3.04. The number of benzene rings is 1. The fraction of sp³-hybridized carbons (Fsp3) is 0.438. The Labute approximate surface area is 119 Å². The maximum absolute atomic E-state index is 5.98. The smallest absolute Gasteiger partial charge is 0.0951 e. The van der Waals surface area contributed by atoms with Gasteiger partial charge in [0.15, 0.2) is 0 Å². The molecule has 3 N–H and O–H groups in total. The molecule has 4 heteroatoms. The molecule has 2 atom stereocenters. The number of nitrogens with zero attached hydrogens (tertiary/aromatic N) is 1. The highest BCUT2D eigenvalue weighted by Gasteiger charge is 2.26. The number of hydrogen-bond donors (Lipinski definition) is 2. The van der Waals surface area contributed by atoms with Crippen LogP contribution in [0.25, 0.3) is 10.9 Å². The van der Waals surface area contributed by atoms with Crippen LogP contribution in [0.2, 0.25) is 0 Å². The monoisotopic (exact) mass is 271 g/mol. The molecule has 4 nitrogen and oxygen atoms in total. The first kappa shape index (κ1) is 13.2. The molecule has 106 valence electrons. The first-order chi connectivity index (χ1) is 9.79. The molecule has 2 heterocycles. The summed E-state index contributed by atoms with van der Waals surface area (Å²) in [5.41, 5.74) is 8.67. The SMILES string of the molecule is CCC1OCCC1CNc1ccnc2c(N)cccc12. The van der Waals surface area contributed by atoms with Gasteiger partial charge in [-0.25, -0.2) is 0 Å². The number of para-hydroxylation sites is 1. The third kappa shape index (κ3) is 2.43. The molecular weight excluding hydrogens is 250 g/mol. The Balaban J connectivity index is 1.79. The third-order valence-electron chi connectivity index (χ3n) is 4.11. The van der Waals surface area contributed by atoms with Crippen LogP contribution >= 0.6 is 0 Å². The highest BCUT2D eigenvalue weighted by atomic mass is 16.5. The fourth-order valence-electron chi connectivity index (χ4n) is 2.97. The molecule has 1 fully saturated rings. The zero-order valence-electron chi connectivity index (χ0n) is 11.8. The highest BCUT2D eigenvalue weighted by molar-refractivity contribution is 5.97. The minimum atomic E-state index is 0.390. The lowest BCUT2D eigenvalue weighted by Crippen LogP contribution is -2.22. The second kappa shape index (κ2) is 5.67. The summed E-state index contributed by atoms with van der Waals surface area (Å²) in [5.74, 6) is 0.587. The maximum atomic E-state index is 5.98. The van der Waals surface area contributed by atoms with Crippen molar-refractivity contribution in [1.82, 2.24) is 4.98 Å². The Morgan fingerprint density at radius 2 is 2.30 bits per heavy atom. The molecule has 0 aliphatic carbocycles. The van der Waals surface area contributed by atoms with Crippen molar-refractivity contribution in [2.75, 3.05) is 24.2 Å². The number of rotatable bonds is 4. The molecular formula is C16H21N3O. The largest absolute Gasteiger partial charge is 0.397 e. The van der Waals surface area contributed by atoms with E-state index in [1.165, 1.54) is 0 Å². The number of ether oxygens (including phenoxy) is 1. The molecule has 1 saturated heterocycles. The number of anilines is 2. The summed E-state index contributed by atoms with van der Waals surface area (Å²) in [5, 5.41) is 4.63. The Morgan fingerprint density at radius 3 is 3.15 bits per heavy atom. The lowest BCUT2D eigenvalue weighted by atomic mass is 9.99. The van der Waals surface area contributed by atoms with E-state index in [9.17, 15) is 0 Å². The van der Waals surface area contributed by atoms with E-state index in [1.54, 1.807) is 0 Å². The molecule has 0 bridgehead atoms. The van der Waals surface area contributed by atoms with Crippen LogP contribution in [0.4, 0.5) is 11.4 Å². The maximum Gasteiger partial charge on any atom is 0.0951 e. The molecule has 1 aliphatic heterocycles. The van der Waals surface area contributed by atoms with Gasteiger partial charge in [0.05, 0.1) is 17.3 Å². The van der Waals surface area contributed by atoms with E-state index < -0.39 is 0 Å². The van der Waals surface area contributed by atoms with Crippen molar-refractivity contribution in [1.29, 1.82) is 0 Å². The number of aromatic nitrogens is 1. The number of hydrogen-bond acceptors (Lipinski definition) is 4. The van der Waals surface area contributed by atoms with Gasteiger partial charge in [0.2, 0.25) is 0 Å². The van der Waals surface area contributed by atoms with Crippen molar-refractivity contribution in [2.45, 2.75) is 25.9 Å². The van der Waals surface area contributed by atoms with E-state index in [2.05, 4.69) is 23.3 Å². The van der Waals surface area contributed by atoms with Gasteiger partial charge in [-0.1, -0.05) is 19.1 Å². The molecule has 0 spiro atoms. The Kier molecular flexibility index (Phi) is 3.74. The number of fused-ring (bicyclic) bond motifs is 1. The molecule has 0 saturated carbocycles. The Bertz CT molecular complexity index is 599. The molecule has 0 amide bonds. The number of pyridine rings is 1. The summed E-state index contributed by atoms with van der Waals surface area (Å²) < 4.78 is 5.74. The third-order valence-corrected chi connectivity index (χ3v) is 4.11. The Morgan fingerprint density at radius 1 is 1.40 bits per heavy atom. The van der Waals surface area contributed by atoms with Crippen molar-refractivity contribution in [3.05, 3.63) is 30.5 Å². The van der Waals surface area contributed by atoms with Crippen molar-refractivity contribution in [3.63, 3.8) is 0 Å². The highest BCUT2D eigenvalue weighted by Crippen LogP contribution is 2.28. The number of nitrogen functional groups attached to an aromatic ring is 1. The van der Waals surface area contributed by atoms with Gasteiger partial charge in [0.1, 0.15) is 0 Å². The summed E-state index contributed by atoms with van der Waals surface area (Å²) in [6, 6.07) is 7.93. The van der Waals surface area contributed by atoms with Gasteiger partial charge in [-0.3, -0.25) is 4.98 Å². The van der Waals surface area contributed by atoms with E-state index in [4.69, 9.17) is 10.5 Å². The van der Waals surface area contributed by atoms with E-state index in [1.807, 2.05) is 24.4 Å². The van der Waals surface area contributed by atoms with Gasteiger partial charge in [-0.05, 0) is 25.0 Å². The van der Waals surface area contributed by atoms with Gasteiger partial charge < -0.3 is 15.8 Å². The summed E-state index contributed by atoms with van der Waals surface area (Å²) in [4.78, 5) is 4.36. The van der Waals surface area contributed by atoms with Crippen molar-refractivity contribution >= 4 is 22.3 Å². The van der Waals surface area contributed by atoms with E-state index in [0.29, 0.717) is 12.0 Å². The summed E-state index contributed by atoms with van der Waals surface area (Å²) in [6.45, 7) is 4.01. The van der Waals surface area contributed by atoms with E-state index in [0.717, 1.165) is 48.3 Å². The zero-order chi connectivity index (χ0) is 13.9. The second-order valence-corrected chi connectivity index (χ2v) is 5.35. The fourth-order valence-corrected chi connectivity index (χ4v) is 2.97. The van der Waals surface area contributed by atoms with Gasteiger partial charge in [0, 0.05) is 36.3 Å². The molecule has 3 rings (SSSR count). The zero-order valence-corrected chi connectivity index (χ0v) is 11.8. The van der Waals surface area contributed by atoms with Crippen LogP contribution in [-0.2, 0) is 4.74 Å². The first-order valence-electron chi connectivity index (χ1n) is 7.28. The molecule has 1 aromatic carbocycles. The van der Waals surface area contributed by atoms with Crippen LogP contribution < -0.4 is 11.1 Å². The Hall–Kier alpha value is -1.81.